The van der Waals surface area contributed by atoms with Gasteiger partial charge in [-0.3, -0.25) is 9.69 Å². The zero-order chi connectivity index (χ0) is 13.4. The van der Waals surface area contributed by atoms with Crippen molar-refractivity contribution in [3.8, 4) is 0 Å². The van der Waals surface area contributed by atoms with Crippen molar-refractivity contribution in [1.29, 1.82) is 0 Å². The predicted molar refractivity (Wildman–Crippen MR) is 75.3 cm³/mol. The van der Waals surface area contributed by atoms with Crippen molar-refractivity contribution >= 4 is 5.91 Å². The van der Waals surface area contributed by atoms with E-state index in [1.165, 1.54) is 19.3 Å². The lowest BCUT2D eigenvalue weighted by molar-refractivity contribution is -0.122. The first-order valence-electron chi connectivity index (χ1n) is 7.42. The van der Waals surface area contributed by atoms with Gasteiger partial charge in [-0.15, -0.1) is 0 Å². The van der Waals surface area contributed by atoms with E-state index in [-0.39, 0.29) is 11.9 Å². The van der Waals surface area contributed by atoms with Crippen LogP contribution < -0.4 is 11.1 Å². The third-order valence-electron chi connectivity index (χ3n) is 3.80. The van der Waals surface area contributed by atoms with Crippen LogP contribution in [-0.2, 0) is 4.79 Å². The lowest BCUT2D eigenvalue weighted by Crippen LogP contribution is -2.43. The highest BCUT2D eigenvalue weighted by molar-refractivity contribution is 5.76. The van der Waals surface area contributed by atoms with Gasteiger partial charge in [0.1, 0.15) is 0 Å². The molecule has 18 heavy (non-hydrogen) atoms. The van der Waals surface area contributed by atoms with E-state index in [0.29, 0.717) is 13.0 Å². The second-order valence-electron chi connectivity index (χ2n) is 5.38. The van der Waals surface area contributed by atoms with Gasteiger partial charge in [0.2, 0.25) is 5.91 Å². The van der Waals surface area contributed by atoms with Crippen molar-refractivity contribution in [2.45, 2.75) is 52.0 Å². The van der Waals surface area contributed by atoms with Gasteiger partial charge in [0, 0.05) is 32.1 Å². The Balaban J connectivity index is 2.35. The largest absolute Gasteiger partial charge is 0.356 e. The van der Waals surface area contributed by atoms with Crippen LogP contribution >= 0.6 is 0 Å². The number of carbonyl (C=O) groups excluding carboxylic acids is 1. The van der Waals surface area contributed by atoms with Gasteiger partial charge in [0.15, 0.2) is 0 Å². The van der Waals surface area contributed by atoms with Gasteiger partial charge in [-0.05, 0) is 31.7 Å². The molecule has 1 aliphatic rings. The standard InChI is InChI=1S/C14H29N3O/c1-3-5-12-6-8-17(11-12)13(10-15)9-14(18)16-7-4-2/h12-13H,3-11,15H2,1-2H3,(H,16,18). The van der Waals surface area contributed by atoms with Gasteiger partial charge in [-0.2, -0.15) is 0 Å². The predicted octanol–water partition coefficient (Wildman–Crippen LogP) is 1.35. The number of rotatable bonds is 8. The Kier molecular flexibility index (Phi) is 7.28. The number of nitrogens with zero attached hydrogens (tertiary/aromatic N) is 1. The number of nitrogens with one attached hydrogen (secondary N) is 1. The molecule has 1 saturated heterocycles. The Labute approximate surface area is 111 Å². The van der Waals surface area contributed by atoms with Crippen LogP contribution in [-0.4, -0.2) is 43.0 Å². The maximum Gasteiger partial charge on any atom is 0.221 e. The van der Waals surface area contributed by atoms with Crippen molar-refractivity contribution < 1.29 is 4.79 Å². The van der Waals surface area contributed by atoms with Crippen LogP contribution in [0.4, 0.5) is 0 Å². The number of carbonyl (C=O) groups is 1. The Bertz CT molecular complexity index is 245. The third kappa shape index (κ3) is 4.94. The maximum absolute atomic E-state index is 11.7. The molecule has 1 aliphatic heterocycles. The lowest BCUT2D eigenvalue weighted by atomic mass is 10.0. The van der Waals surface area contributed by atoms with E-state index in [9.17, 15) is 4.79 Å². The van der Waals surface area contributed by atoms with Crippen LogP contribution in [0.3, 0.4) is 0 Å². The summed E-state index contributed by atoms with van der Waals surface area (Å²) in [7, 11) is 0. The fourth-order valence-electron chi connectivity index (χ4n) is 2.75. The summed E-state index contributed by atoms with van der Waals surface area (Å²) in [5.41, 5.74) is 5.83. The molecule has 4 heteroatoms. The molecule has 0 aliphatic carbocycles. The minimum atomic E-state index is 0.145. The van der Waals surface area contributed by atoms with Crippen molar-refractivity contribution in [3.05, 3.63) is 0 Å². The fraction of sp³-hybridized carbons (Fsp3) is 0.929. The third-order valence-corrected chi connectivity index (χ3v) is 3.80. The Morgan fingerprint density at radius 3 is 2.83 bits per heavy atom. The summed E-state index contributed by atoms with van der Waals surface area (Å²) in [5, 5.41) is 2.94. The highest BCUT2D eigenvalue weighted by Gasteiger charge is 2.28. The quantitative estimate of drug-likeness (QED) is 0.688. The van der Waals surface area contributed by atoms with E-state index < -0.39 is 0 Å². The van der Waals surface area contributed by atoms with Gasteiger partial charge >= 0.3 is 0 Å². The zero-order valence-electron chi connectivity index (χ0n) is 12.0. The first-order chi connectivity index (χ1) is 8.71. The second-order valence-corrected chi connectivity index (χ2v) is 5.38. The number of likely N-dealkylation sites (tertiary alicyclic amines) is 1. The first-order valence-corrected chi connectivity index (χ1v) is 7.42. The summed E-state index contributed by atoms with van der Waals surface area (Å²) < 4.78 is 0. The van der Waals surface area contributed by atoms with Crippen LogP contribution in [0.1, 0.15) is 46.0 Å². The van der Waals surface area contributed by atoms with E-state index in [1.54, 1.807) is 0 Å². The SMILES string of the molecule is CCCNC(=O)CC(CN)N1CCC(CCC)C1. The Hall–Kier alpha value is -0.610. The molecule has 2 atom stereocenters. The molecule has 1 fully saturated rings. The summed E-state index contributed by atoms with van der Waals surface area (Å²) in [4.78, 5) is 14.2. The summed E-state index contributed by atoms with van der Waals surface area (Å²) in [6.45, 7) is 7.88. The number of nitrogens with two attached hydrogens (primary N) is 1. The molecule has 0 radical (unpaired) electrons. The molecule has 2 unspecified atom stereocenters. The summed E-state index contributed by atoms with van der Waals surface area (Å²) >= 11 is 0. The van der Waals surface area contributed by atoms with Crippen molar-refractivity contribution in [3.63, 3.8) is 0 Å². The highest BCUT2D eigenvalue weighted by Crippen LogP contribution is 2.23. The zero-order valence-corrected chi connectivity index (χ0v) is 12.0. The van der Waals surface area contributed by atoms with Crippen LogP contribution in [0, 0.1) is 5.92 Å². The molecule has 0 aromatic heterocycles. The van der Waals surface area contributed by atoms with Gasteiger partial charge in [0.25, 0.3) is 0 Å². The molecule has 0 aromatic carbocycles. The summed E-state index contributed by atoms with van der Waals surface area (Å²) in [6, 6.07) is 0.226. The molecule has 3 N–H and O–H groups in total. The molecule has 0 spiro atoms. The van der Waals surface area contributed by atoms with Gasteiger partial charge < -0.3 is 11.1 Å². The van der Waals surface area contributed by atoms with Crippen LogP contribution in [0.25, 0.3) is 0 Å². The molecule has 1 heterocycles. The Morgan fingerprint density at radius 1 is 1.44 bits per heavy atom. The fourth-order valence-corrected chi connectivity index (χ4v) is 2.75. The van der Waals surface area contributed by atoms with Gasteiger partial charge in [-0.1, -0.05) is 20.3 Å². The summed E-state index contributed by atoms with van der Waals surface area (Å²) in [5.74, 6) is 0.953. The van der Waals surface area contributed by atoms with E-state index in [0.717, 1.165) is 32.0 Å². The average molecular weight is 255 g/mol. The lowest BCUT2D eigenvalue weighted by Gasteiger charge is -2.26. The van der Waals surface area contributed by atoms with Crippen LogP contribution in [0.2, 0.25) is 0 Å². The number of hydrogen-bond acceptors (Lipinski definition) is 3. The first kappa shape index (κ1) is 15.4. The van der Waals surface area contributed by atoms with E-state index in [4.69, 9.17) is 5.73 Å². The topological polar surface area (TPSA) is 58.4 Å². The minimum Gasteiger partial charge on any atom is -0.356 e. The maximum atomic E-state index is 11.7. The molecule has 0 bridgehead atoms. The Morgan fingerprint density at radius 2 is 2.22 bits per heavy atom. The molecular formula is C14H29N3O. The monoisotopic (exact) mass is 255 g/mol. The minimum absolute atomic E-state index is 0.145. The molecule has 0 saturated carbocycles. The van der Waals surface area contributed by atoms with E-state index >= 15 is 0 Å². The average Bonchev–Trinajstić information content (AvgIpc) is 2.82. The van der Waals surface area contributed by atoms with E-state index in [1.807, 2.05) is 0 Å². The smallest absolute Gasteiger partial charge is 0.221 e. The van der Waals surface area contributed by atoms with Crippen LogP contribution in [0.15, 0.2) is 0 Å². The normalized spacial score (nSPS) is 22.1. The molecular weight excluding hydrogens is 226 g/mol. The van der Waals surface area contributed by atoms with Gasteiger partial charge in [-0.25, -0.2) is 0 Å². The van der Waals surface area contributed by atoms with Gasteiger partial charge in [0.05, 0.1) is 0 Å². The molecule has 106 valence electrons. The molecule has 4 nitrogen and oxygen atoms in total. The number of hydrogen-bond donors (Lipinski definition) is 2. The summed E-state index contributed by atoms with van der Waals surface area (Å²) in [6.07, 6.45) is 5.36. The van der Waals surface area contributed by atoms with E-state index in [2.05, 4.69) is 24.1 Å². The number of amides is 1. The molecule has 1 amide bonds. The molecule has 1 rings (SSSR count). The highest BCUT2D eigenvalue weighted by atomic mass is 16.1. The van der Waals surface area contributed by atoms with Crippen molar-refractivity contribution in [1.82, 2.24) is 10.2 Å². The van der Waals surface area contributed by atoms with Crippen molar-refractivity contribution in [2.24, 2.45) is 11.7 Å². The van der Waals surface area contributed by atoms with Crippen LogP contribution in [0.5, 0.6) is 0 Å². The van der Waals surface area contributed by atoms with Crippen molar-refractivity contribution in [2.75, 3.05) is 26.2 Å². The second kappa shape index (κ2) is 8.48. The molecule has 0 aromatic rings.